The van der Waals surface area contributed by atoms with E-state index in [1.807, 2.05) is 0 Å². The molecule has 106 valence electrons. The van der Waals surface area contributed by atoms with E-state index >= 15 is 0 Å². The van der Waals surface area contributed by atoms with Crippen molar-refractivity contribution in [3.8, 4) is 0 Å². The van der Waals surface area contributed by atoms with Gasteiger partial charge in [-0.3, -0.25) is 4.79 Å². The topological polar surface area (TPSA) is 75.7 Å². The maximum absolute atomic E-state index is 11.5. The number of carbonyl (C=O) groups is 1. The molecular weight excluding hydrogens is 256 g/mol. The highest BCUT2D eigenvalue weighted by atomic mass is 32.2. The number of ether oxygens (including phenoxy) is 1. The van der Waals surface area contributed by atoms with Gasteiger partial charge in [0.25, 0.3) is 0 Å². The molecule has 0 aliphatic carbocycles. The van der Waals surface area contributed by atoms with Crippen molar-refractivity contribution in [2.75, 3.05) is 33.0 Å². The summed E-state index contributed by atoms with van der Waals surface area (Å²) >= 11 is 0. The van der Waals surface area contributed by atoms with Gasteiger partial charge >= 0.3 is 5.97 Å². The average molecular weight is 278 g/mol. The van der Waals surface area contributed by atoms with Crippen molar-refractivity contribution in [3.63, 3.8) is 0 Å². The summed E-state index contributed by atoms with van der Waals surface area (Å²) in [6.45, 7) is 3.49. The minimum Gasteiger partial charge on any atom is -0.468 e. The van der Waals surface area contributed by atoms with E-state index in [4.69, 9.17) is 0 Å². The predicted octanol–water partition coefficient (Wildman–Crippen LogP) is -0.191. The van der Waals surface area contributed by atoms with E-state index in [1.54, 1.807) is 6.92 Å². The zero-order valence-corrected chi connectivity index (χ0v) is 12.0. The summed E-state index contributed by atoms with van der Waals surface area (Å²) < 4.78 is 29.0. The molecule has 1 N–H and O–H groups in total. The quantitative estimate of drug-likeness (QED) is 0.705. The second-order valence-electron chi connectivity index (χ2n) is 4.78. The van der Waals surface area contributed by atoms with Crippen molar-refractivity contribution in [1.82, 2.24) is 9.62 Å². The van der Waals surface area contributed by atoms with Crippen molar-refractivity contribution in [2.45, 2.75) is 25.8 Å². The highest BCUT2D eigenvalue weighted by molar-refractivity contribution is 7.88. The molecular formula is C11H22N2O4S. The summed E-state index contributed by atoms with van der Waals surface area (Å²) in [5, 5.41) is 3.08. The lowest BCUT2D eigenvalue weighted by Gasteiger charge is -2.31. The Bertz CT molecular complexity index is 383. The lowest BCUT2D eigenvalue weighted by Crippen LogP contribution is -2.45. The van der Waals surface area contributed by atoms with Crippen LogP contribution in [0.4, 0.5) is 0 Å². The van der Waals surface area contributed by atoms with E-state index in [1.165, 1.54) is 17.7 Å². The Kier molecular flexibility index (Phi) is 5.55. The molecule has 1 heterocycles. The number of hydrogen-bond acceptors (Lipinski definition) is 5. The molecule has 2 unspecified atom stereocenters. The van der Waals surface area contributed by atoms with Crippen molar-refractivity contribution in [2.24, 2.45) is 5.92 Å². The number of carbonyl (C=O) groups excluding carboxylic acids is 1. The van der Waals surface area contributed by atoms with Gasteiger partial charge in [-0.25, -0.2) is 12.7 Å². The number of rotatable bonds is 5. The van der Waals surface area contributed by atoms with E-state index in [2.05, 4.69) is 10.1 Å². The minimum atomic E-state index is -3.10. The smallest absolute Gasteiger partial charge is 0.322 e. The van der Waals surface area contributed by atoms with Crippen molar-refractivity contribution < 1.29 is 17.9 Å². The van der Waals surface area contributed by atoms with Crippen LogP contribution in [0.3, 0.4) is 0 Å². The maximum Gasteiger partial charge on any atom is 0.322 e. The summed E-state index contributed by atoms with van der Waals surface area (Å²) in [5.74, 6) is -0.0497. The molecule has 1 fully saturated rings. The Labute approximate surface area is 109 Å². The van der Waals surface area contributed by atoms with Crippen LogP contribution < -0.4 is 5.32 Å². The Balaban J connectivity index is 2.42. The Morgan fingerprint density at radius 1 is 1.56 bits per heavy atom. The van der Waals surface area contributed by atoms with Gasteiger partial charge in [-0.15, -0.1) is 0 Å². The van der Waals surface area contributed by atoms with Gasteiger partial charge in [0.2, 0.25) is 10.0 Å². The average Bonchev–Trinajstić information content (AvgIpc) is 2.34. The van der Waals surface area contributed by atoms with Gasteiger partial charge in [0, 0.05) is 19.6 Å². The van der Waals surface area contributed by atoms with Gasteiger partial charge in [0.15, 0.2) is 0 Å². The second kappa shape index (κ2) is 6.49. The number of hydrogen-bond donors (Lipinski definition) is 1. The largest absolute Gasteiger partial charge is 0.468 e. The summed E-state index contributed by atoms with van der Waals surface area (Å²) in [5.41, 5.74) is 0. The van der Waals surface area contributed by atoms with E-state index in [0.29, 0.717) is 19.6 Å². The van der Waals surface area contributed by atoms with Gasteiger partial charge in [0.1, 0.15) is 6.04 Å². The van der Waals surface area contributed by atoms with Gasteiger partial charge in [-0.1, -0.05) is 0 Å². The Morgan fingerprint density at radius 2 is 2.22 bits per heavy atom. The molecule has 0 amide bonds. The monoisotopic (exact) mass is 278 g/mol. The maximum atomic E-state index is 11.5. The zero-order chi connectivity index (χ0) is 13.8. The van der Waals surface area contributed by atoms with Crippen LogP contribution in [0.1, 0.15) is 19.8 Å². The van der Waals surface area contributed by atoms with Crippen molar-refractivity contribution >= 4 is 16.0 Å². The molecule has 18 heavy (non-hydrogen) atoms. The van der Waals surface area contributed by atoms with Gasteiger partial charge in [0.05, 0.1) is 13.4 Å². The SMILES string of the molecule is COC(=O)C(C)NCC1CCCN(S(C)(=O)=O)C1. The summed E-state index contributed by atoms with van der Waals surface area (Å²) in [7, 11) is -1.75. The molecule has 0 aromatic carbocycles. The number of piperidine rings is 1. The number of methoxy groups -OCH3 is 1. The molecule has 0 aromatic heterocycles. The van der Waals surface area contributed by atoms with Crippen LogP contribution in [0.5, 0.6) is 0 Å². The highest BCUT2D eigenvalue weighted by Crippen LogP contribution is 2.18. The van der Waals surface area contributed by atoms with Crippen LogP contribution in [0.2, 0.25) is 0 Å². The van der Waals surface area contributed by atoms with Gasteiger partial charge in [-0.05, 0) is 25.7 Å². The van der Waals surface area contributed by atoms with Crippen LogP contribution in [0.25, 0.3) is 0 Å². The first-order valence-electron chi connectivity index (χ1n) is 6.11. The zero-order valence-electron chi connectivity index (χ0n) is 11.2. The third-order valence-corrected chi connectivity index (χ3v) is 4.49. The summed E-state index contributed by atoms with van der Waals surface area (Å²) in [6, 6.07) is -0.358. The second-order valence-corrected chi connectivity index (χ2v) is 6.76. The molecule has 6 nitrogen and oxygen atoms in total. The van der Waals surface area contributed by atoms with Crippen LogP contribution in [0.15, 0.2) is 0 Å². The molecule has 1 saturated heterocycles. The molecule has 0 saturated carbocycles. The molecule has 2 atom stereocenters. The van der Waals surface area contributed by atoms with Gasteiger partial charge < -0.3 is 10.1 Å². The first kappa shape index (κ1) is 15.4. The van der Waals surface area contributed by atoms with E-state index in [-0.39, 0.29) is 17.9 Å². The first-order valence-corrected chi connectivity index (χ1v) is 7.95. The third-order valence-electron chi connectivity index (χ3n) is 3.22. The molecule has 0 bridgehead atoms. The van der Waals surface area contributed by atoms with Crippen LogP contribution in [0, 0.1) is 5.92 Å². The molecule has 0 aromatic rings. The number of nitrogens with zero attached hydrogens (tertiary/aromatic N) is 1. The molecule has 0 radical (unpaired) electrons. The fourth-order valence-electron chi connectivity index (χ4n) is 2.10. The van der Waals surface area contributed by atoms with E-state index in [0.717, 1.165) is 12.8 Å². The Hall–Kier alpha value is -0.660. The lowest BCUT2D eigenvalue weighted by atomic mass is 9.99. The van der Waals surface area contributed by atoms with Crippen LogP contribution in [-0.4, -0.2) is 57.7 Å². The lowest BCUT2D eigenvalue weighted by molar-refractivity contribution is -0.142. The summed E-state index contributed by atoms with van der Waals surface area (Å²) in [4.78, 5) is 11.2. The molecule has 1 aliphatic heterocycles. The van der Waals surface area contributed by atoms with E-state index < -0.39 is 10.0 Å². The molecule has 0 spiro atoms. The normalized spacial score (nSPS) is 23.6. The Morgan fingerprint density at radius 3 is 2.78 bits per heavy atom. The first-order chi connectivity index (χ1) is 8.34. The van der Waals surface area contributed by atoms with Crippen LogP contribution in [-0.2, 0) is 19.6 Å². The van der Waals surface area contributed by atoms with Crippen LogP contribution >= 0.6 is 0 Å². The fourth-order valence-corrected chi connectivity index (χ4v) is 3.04. The number of sulfonamides is 1. The summed E-state index contributed by atoms with van der Waals surface area (Å²) in [6.07, 6.45) is 3.08. The molecule has 1 rings (SSSR count). The third kappa shape index (κ3) is 4.55. The van der Waals surface area contributed by atoms with Crippen molar-refractivity contribution in [1.29, 1.82) is 0 Å². The minimum absolute atomic E-state index is 0.251. The number of esters is 1. The van der Waals surface area contributed by atoms with Crippen molar-refractivity contribution in [3.05, 3.63) is 0 Å². The van der Waals surface area contributed by atoms with Gasteiger partial charge in [-0.2, -0.15) is 0 Å². The van der Waals surface area contributed by atoms with E-state index in [9.17, 15) is 13.2 Å². The molecule has 7 heteroatoms. The fraction of sp³-hybridized carbons (Fsp3) is 0.909. The molecule has 1 aliphatic rings. The highest BCUT2D eigenvalue weighted by Gasteiger charge is 2.26. The predicted molar refractivity (Wildman–Crippen MR) is 68.6 cm³/mol. The standard InChI is InChI=1S/C11H22N2O4S/c1-9(11(14)17-2)12-7-10-5-4-6-13(8-10)18(3,15)16/h9-10,12H,4-8H2,1-3H3. The number of nitrogens with one attached hydrogen (secondary N) is 1.